The molecular weight excluding hydrogens is 494 g/mol. The predicted octanol–water partition coefficient (Wildman–Crippen LogP) is 6.28. The summed E-state index contributed by atoms with van der Waals surface area (Å²) in [6.07, 6.45) is 5.70. The number of pyridine rings is 1. The Morgan fingerprint density at radius 1 is 1.00 bits per heavy atom. The van der Waals surface area contributed by atoms with E-state index < -0.39 is 13.9 Å². The molecule has 0 N–H and O–H groups in total. The maximum absolute atomic E-state index is 12.4. The van der Waals surface area contributed by atoms with Gasteiger partial charge in [0.1, 0.15) is 10.8 Å². The number of aromatic nitrogens is 3. The van der Waals surface area contributed by atoms with Gasteiger partial charge in [0.15, 0.2) is 8.32 Å². The van der Waals surface area contributed by atoms with Gasteiger partial charge in [-0.3, -0.25) is 0 Å². The zero-order valence-corrected chi connectivity index (χ0v) is 25.0. The molecule has 0 unspecified atom stereocenters. The zero-order valence-electron chi connectivity index (χ0n) is 23.3. The summed E-state index contributed by atoms with van der Waals surface area (Å²) < 4.78 is 11.8. The molecule has 0 aliphatic carbocycles. The molecule has 36 heavy (non-hydrogen) atoms. The summed E-state index contributed by atoms with van der Waals surface area (Å²) >= 11 is 6.03. The SMILES string of the molecule is CN(CCN(CCCO[Si](C)(C)C(C)(C)C)c1ncc(-c2ccnc(Cl)c2)cn1)C(=O)OC(C)(C)C. The Labute approximate surface area is 222 Å². The fraction of sp³-hybridized carbons (Fsp3) is 0.615. The minimum Gasteiger partial charge on any atom is -0.444 e. The molecule has 0 radical (unpaired) electrons. The van der Waals surface area contributed by atoms with E-state index in [1.165, 1.54) is 0 Å². The van der Waals surface area contributed by atoms with E-state index >= 15 is 0 Å². The number of rotatable bonds is 10. The van der Waals surface area contributed by atoms with Crippen molar-refractivity contribution in [1.82, 2.24) is 19.9 Å². The van der Waals surface area contributed by atoms with Crippen LogP contribution in [0.4, 0.5) is 10.7 Å². The van der Waals surface area contributed by atoms with Gasteiger partial charge in [-0.1, -0.05) is 32.4 Å². The number of likely N-dealkylation sites (N-methyl/N-ethyl adjacent to an activating group) is 1. The fourth-order valence-electron chi connectivity index (χ4n) is 3.03. The fourth-order valence-corrected chi connectivity index (χ4v) is 4.29. The molecule has 1 amide bonds. The van der Waals surface area contributed by atoms with Crippen molar-refractivity contribution in [2.45, 2.75) is 71.7 Å². The first-order valence-corrected chi connectivity index (χ1v) is 15.6. The molecule has 10 heteroatoms. The van der Waals surface area contributed by atoms with Gasteiger partial charge in [-0.25, -0.2) is 19.7 Å². The van der Waals surface area contributed by atoms with E-state index in [0.717, 1.165) is 17.5 Å². The molecule has 2 aromatic rings. The van der Waals surface area contributed by atoms with Crippen molar-refractivity contribution in [3.8, 4) is 11.1 Å². The highest BCUT2D eigenvalue weighted by Crippen LogP contribution is 2.36. The number of anilines is 1. The Kier molecular flexibility index (Phi) is 10.3. The Hall–Kier alpha value is -2.23. The second-order valence-electron chi connectivity index (χ2n) is 11.5. The summed E-state index contributed by atoms with van der Waals surface area (Å²) in [5.74, 6) is 0.601. The minimum absolute atomic E-state index is 0.164. The Morgan fingerprint density at radius 3 is 2.19 bits per heavy atom. The van der Waals surface area contributed by atoms with Gasteiger partial charge < -0.3 is 19.0 Å². The van der Waals surface area contributed by atoms with Crippen molar-refractivity contribution >= 4 is 32.0 Å². The van der Waals surface area contributed by atoms with Gasteiger partial charge in [-0.2, -0.15) is 0 Å². The van der Waals surface area contributed by atoms with Crippen molar-refractivity contribution in [3.05, 3.63) is 35.9 Å². The van der Waals surface area contributed by atoms with Crippen molar-refractivity contribution in [2.75, 3.05) is 38.2 Å². The quantitative estimate of drug-likeness (QED) is 0.201. The molecule has 0 saturated carbocycles. The van der Waals surface area contributed by atoms with Gasteiger partial charge in [-0.05, 0) is 63.0 Å². The smallest absolute Gasteiger partial charge is 0.410 e. The highest BCUT2D eigenvalue weighted by atomic mass is 35.5. The standard InChI is InChI=1S/C26H42ClN5O3Si/c1-25(2,3)35-24(33)31(7)14-15-32(13-10-16-34-36(8,9)26(4,5)6)23-29-18-21(19-30-23)20-11-12-28-22(27)17-20/h11-12,17-19H,10,13-16H2,1-9H3. The third-order valence-corrected chi connectivity index (χ3v) is 11.0. The van der Waals surface area contributed by atoms with E-state index in [1.807, 2.05) is 26.8 Å². The number of carbonyl (C=O) groups excluding carboxylic acids is 1. The number of hydrogen-bond acceptors (Lipinski definition) is 7. The third kappa shape index (κ3) is 9.33. The number of halogens is 1. The molecule has 0 fully saturated rings. The second-order valence-corrected chi connectivity index (χ2v) is 16.7. The molecule has 0 aliphatic heterocycles. The van der Waals surface area contributed by atoms with Crippen LogP contribution in [-0.4, -0.2) is 73.2 Å². The number of carbonyl (C=O) groups is 1. The van der Waals surface area contributed by atoms with E-state index in [2.05, 4.69) is 53.7 Å². The lowest BCUT2D eigenvalue weighted by atomic mass is 10.1. The van der Waals surface area contributed by atoms with Gasteiger partial charge in [0.25, 0.3) is 0 Å². The average Bonchev–Trinajstić information content (AvgIpc) is 2.76. The molecule has 0 spiro atoms. The minimum atomic E-state index is -1.82. The predicted molar refractivity (Wildman–Crippen MR) is 149 cm³/mol. The van der Waals surface area contributed by atoms with Gasteiger partial charge >= 0.3 is 6.09 Å². The molecule has 200 valence electrons. The molecule has 0 aromatic carbocycles. The van der Waals surface area contributed by atoms with E-state index in [4.69, 9.17) is 20.8 Å². The van der Waals surface area contributed by atoms with Crippen LogP contribution in [0.25, 0.3) is 11.1 Å². The van der Waals surface area contributed by atoms with Crippen LogP contribution in [0, 0.1) is 0 Å². The van der Waals surface area contributed by atoms with Crippen LogP contribution in [0.1, 0.15) is 48.0 Å². The molecular formula is C26H42ClN5O3Si. The first kappa shape index (κ1) is 30.0. The van der Waals surface area contributed by atoms with Crippen LogP contribution < -0.4 is 4.90 Å². The van der Waals surface area contributed by atoms with E-state index in [9.17, 15) is 4.79 Å². The van der Waals surface area contributed by atoms with Crippen LogP contribution in [0.3, 0.4) is 0 Å². The molecule has 0 atom stereocenters. The summed E-state index contributed by atoms with van der Waals surface area (Å²) in [4.78, 5) is 29.4. The second kappa shape index (κ2) is 12.3. The Balaban J connectivity index is 2.10. The average molecular weight is 536 g/mol. The van der Waals surface area contributed by atoms with Gasteiger partial charge in [0, 0.05) is 57.4 Å². The van der Waals surface area contributed by atoms with Gasteiger partial charge in [0.2, 0.25) is 5.95 Å². The van der Waals surface area contributed by atoms with Gasteiger partial charge in [0.05, 0.1) is 0 Å². The summed E-state index contributed by atoms with van der Waals surface area (Å²) in [5, 5.41) is 0.586. The Morgan fingerprint density at radius 2 is 1.64 bits per heavy atom. The van der Waals surface area contributed by atoms with E-state index in [1.54, 1.807) is 36.6 Å². The van der Waals surface area contributed by atoms with Crippen molar-refractivity contribution in [2.24, 2.45) is 0 Å². The third-order valence-electron chi connectivity index (χ3n) is 6.23. The van der Waals surface area contributed by atoms with Crippen molar-refractivity contribution in [3.63, 3.8) is 0 Å². The normalized spacial score (nSPS) is 12.4. The molecule has 0 aliphatic rings. The summed E-state index contributed by atoms with van der Waals surface area (Å²) in [5.41, 5.74) is 1.22. The van der Waals surface area contributed by atoms with Gasteiger partial charge in [-0.15, -0.1) is 0 Å². The number of amides is 1. The van der Waals surface area contributed by atoms with Crippen LogP contribution in [0.5, 0.6) is 0 Å². The molecule has 2 aromatic heterocycles. The zero-order chi connectivity index (χ0) is 27.1. The van der Waals surface area contributed by atoms with Crippen LogP contribution in [-0.2, 0) is 9.16 Å². The number of ether oxygens (including phenoxy) is 1. The topological polar surface area (TPSA) is 80.7 Å². The first-order chi connectivity index (χ1) is 16.6. The molecule has 0 saturated heterocycles. The lowest BCUT2D eigenvalue weighted by molar-refractivity contribution is 0.0303. The highest BCUT2D eigenvalue weighted by Gasteiger charge is 2.36. The van der Waals surface area contributed by atoms with Crippen LogP contribution in [0.2, 0.25) is 23.3 Å². The first-order valence-electron chi connectivity index (χ1n) is 12.4. The van der Waals surface area contributed by atoms with E-state index in [-0.39, 0.29) is 11.1 Å². The number of nitrogens with zero attached hydrogens (tertiary/aromatic N) is 5. The maximum atomic E-state index is 12.4. The molecule has 0 bridgehead atoms. The lowest BCUT2D eigenvalue weighted by Crippen LogP contribution is -2.42. The van der Waals surface area contributed by atoms with Crippen LogP contribution in [0.15, 0.2) is 30.7 Å². The molecule has 2 heterocycles. The Bertz CT molecular complexity index is 990. The van der Waals surface area contributed by atoms with E-state index in [0.29, 0.717) is 37.3 Å². The summed E-state index contributed by atoms with van der Waals surface area (Å²) in [6.45, 7) is 19.2. The number of hydrogen-bond donors (Lipinski definition) is 0. The summed E-state index contributed by atoms with van der Waals surface area (Å²) in [6, 6.07) is 3.65. The molecule has 2 rings (SSSR count). The monoisotopic (exact) mass is 535 g/mol. The highest BCUT2D eigenvalue weighted by molar-refractivity contribution is 6.74. The summed E-state index contributed by atoms with van der Waals surface area (Å²) in [7, 11) is -0.0750. The van der Waals surface area contributed by atoms with Crippen LogP contribution >= 0.6 is 11.6 Å². The molecule has 8 nitrogen and oxygen atoms in total. The maximum Gasteiger partial charge on any atom is 0.410 e. The van der Waals surface area contributed by atoms with Crippen molar-refractivity contribution < 1.29 is 14.0 Å². The van der Waals surface area contributed by atoms with Crippen molar-refractivity contribution in [1.29, 1.82) is 0 Å². The largest absolute Gasteiger partial charge is 0.444 e. The lowest BCUT2D eigenvalue weighted by Gasteiger charge is -2.36.